The molecule has 0 N–H and O–H groups in total. The van der Waals surface area contributed by atoms with Crippen molar-refractivity contribution < 1.29 is 13.9 Å². The van der Waals surface area contributed by atoms with Crippen LogP contribution in [-0.2, 0) is 0 Å². The average Bonchev–Trinajstić information content (AvgIpc) is 2.48. The van der Waals surface area contributed by atoms with Gasteiger partial charge in [0.1, 0.15) is 11.6 Å². The van der Waals surface area contributed by atoms with Crippen LogP contribution in [0.1, 0.15) is 10.4 Å². The summed E-state index contributed by atoms with van der Waals surface area (Å²) in [5, 5.41) is 0.561. The highest BCUT2D eigenvalue weighted by atomic mass is 35.5. The normalized spacial score (nSPS) is 11.2. The molecule has 5 heteroatoms. The van der Waals surface area contributed by atoms with Crippen molar-refractivity contribution in [3.8, 4) is 5.75 Å². The molecule has 0 heterocycles. The van der Waals surface area contributed by atoms with Crippen LogP contribution < -0.4 is 4.74 Å². The standard InChI is InChI=1S/C17H15ClFNO2/c1-20(2)11-16(22-13-9-7-12(18)8-10-13)17(21)14-5-3-4-6-15(14)19/h3-11H,1-2H3/b16-11+. The maximum atomic E-state index is 13.8. The number of rotatable bonds is 5. The smallest absolute Gasteiger partial charge is 0.232 e. The van der Waals surface area contributed by atoms with E-state index in [2.05, 4.69) is 0 Å². The lowest BCUT2D eigenvalue weighted by molar-refractivity contribution is 0.0978. The lowest BCUT2D eigenvalue weighted by Gasteiger charge is -2.13. The topological polar surface area (TPSA) is 29.5 Å². The van der Waals surface area contributed by atoms with Crippen LogP contribution in [0.15, 0.2) is 60.5 Å². The summed E-state index contributed by atoms with van der Waals surface area (Å²) in [6.07, 6.45) is 1.50. The first-order chi connectivity index (χ1) is 10.5. The number of benzene rings is 2. The van der Waals surface area contributed by atoms with Gasteiger partial charge in [-0.1, -0.05) is 23.7 Å². The van der Waals surface area contributed by atoms with Crippen LogP contribution in [0.3, 0.4) is 0 Å². The molecule has 0 aliphatic rings. The monoisotopic (exact) mass is 319 g/mol. The molecule has 22 heavy (non-hydrogen) atoms. The Morgan fingerprint density at radius 3 is 2.36 bits per heavy atom. The molecular weight excluding hydrogens is 305 g/mol. The van der Waals surface area contributed by atoms with Crippen LogP contribution in [0.5, 0.6) is 5.75 Å². The fraction of sp³-hybridized carbons (Fsp3) is 0.118. The van der Waals surface area contributed by atoms with Gasteiger partial charge in [-0.25, -0.2) is 4.39 Å². The van der Waals surface area contributed by atoms with E-state index in [4.69, 9.17) is 16.3 Å². The van der Waals surface area contributed by atoms with E-state index in [1.807, 2.05) is 0 Å². The number of nitrogens with zero attached hydrogens (tertiary/aromatic N) is 1. The third-order valence-corrected chi connectivity index (χ3v) is 3.01. The van der Waals surface area contributed by atoms with Gasteiger partial charge in [0, 0.05) is 25.3 Å². The van der Waals surface area contributed by atoms with E-state index in [0.29, 0.717) is 10.8 Å². The number of halogens is 2. The number of Topliss-reactive ketones (excluding diaryl/α,β-unsaturated/α-hetero) is 1. The maximum absolute atomic E-state index is 13.8. The van der Waals surface area contributed by atoms with Crippen LogP contribution in [0, 0.1) is 5.82 Å². The quantitative estimate of drug-likeness (QED) is 0.471. The molecular formula is C17H15ClFNO2. The largest absolute Gasteiger partial charge is 0.452 e. The van der Waals surface area contributed by atoms with Gasteiger partial charge < -0.3 is 9.64 Å². The zero-order valence-corrected chi connectivity index (χ0v) is 13.0. The summed E-state index contributed by atoms with van der Waals surface area (Å²) < 4.78 is 19.4. The fourth-order valence-electron chi connectivity index (χ4n) is 1.77. The highest BCUT2D eigenvalue weighted by molar-refractivity contribution is 6.30. The van der Waals surface area contributed by atoms with Crippen molar-refractivity contribution in [1.82, 2.24) is 4.90 Å². The molecule has 0 radical (unpaired) electrons. The Morgan fingerprint density at radius 1 is 1.14 bits per heavy atom. The highest BCUT2D eigenvalue weighted by Gasteiger charge is 2.18. The van der Waals surface area contributed by atoms with Crippen molar-refractivity contribution in [2.24, 2.45) is 0 Å². The number of ketones is 1. The summed E-state index contributed by atoms with van der Waals surface area (Å²) in [6.45, 7) is 0. The van der Waals surface area contributed by atoms with Crippen molar-refractivity contribution in [2.75, 3.05) is 14.1 Å². The molecule has 0 unspecified atom stereocenters. The number of hydrogen-bond donors (Lipinski definition) is 0. The van der Waals surface area contributed by atoms with Crippen molar-refractivity contribution in [3.05, 3.63) is 76.9 Å². The van der Waals surface area contributed by atoms with Gasteiger partial charge in [-0.05, 0) is 36.4 Å². The number of carbonyl (C=O) groups is 1. The Morgan fingerprint density at radius 2 is 1.77 bits per heavy atom. The van der Waals surface area contributed by atoms with E-state index in [1.165, 1.54) is 24.4 Å². The number of carbonyl (C=O) groups excluding carboxylic acids is 1. The van der Waals surface area contributed by atoms with E-state index < -0.39 is 11.6 Å². The zero-order chi connectivity index (χ0) is 16.1. The summed E-state index contributed by atoms with van der Waals surface area (Å²) >= 11 is 5.82. The van der Waals surface area contributed by atoms with Crippen LogP contribution in [-0.4, -0.2) is 24.8 Å². The molecule has 0 saturated heterocycles. The Hall–Kier alpha value is -2.33. The molecule has 2 rings (SSSR count). The first-order valence-electron chi connectivity index (χ1n) is 6.58. The van der Waals surface area contributed by atoms with Gasteiger partial charge in [-0.15, -0.1) is 0 Å². The van der Waals surface area contributed by atoms with Crippen molar-refractivity contribution in [2.45, 2.75) is 0 Å². The number of allylic oxidation sites excluding steroid dienone is 1. The van der Waals surface area contributed by atoms with Crippen LogP contribution in [0.2, 0.25) is 5.02 Å². The Balaban J connectivity index is 2.33. The second-order valence-electron chi connectivity index (χ2n) is 4.82. The molecule has 2 aromatic rings. The Labute approximate surface area is 133 Å². The van der Waals surface area contributed by atoms with Gasteiger partial charge in [0.05, 0.1) is 5.56 Å². The first kappa shape index (κ1) is 16.0. The SMILES string of the molecule is CN(C)/C=C(/Oc1ccc(Cl)cc1)C(=O)c1ccccc1F. The Kier molecular flexibility index (Phi) is 5.17. The molecule has 0 amide bonds. The second kappa shape index (κ2) is 7.09. The van der Waals surface area contributed by atoms with Gasteiger partial charge in [0.2, 0.25) is 5.78 Å². The third kappa shape index (κ3) is 4.09. The first-order valence-corrected chi connectivity index (χ1v) is 6.96. The summed E-state index contributed by atoms with van der Waals surface area (Å²) in [4.78, 5) is 14.1. The van der Waals surface area contributed by atoms with Crippen LogP contribution in [0.4, 0.5) is 4.39 Å². The molecule has 0 aromatic heterocycles. The minimum absolute atomic E-state index is 0.0254. The molecule has 0 spiro atoms. The summed E-state index contributed by atoms with van der Waals surface area (Å²) in [6, 6.07) is 12.4. The van der Waals surface area contributed by atoms with Crippen LogP contribution >= 0.6 is 11.6 Å². The van der Waals surface area contributed by atoms with Gasteiger partial charge in [-0.3, -0.25) is 4.79 Å². The maximum Gasteiger partial charge on any atom is 0.232 e. The molecule has 0 aliphatic carbocycles. The summed E-state index contributed by atoms with van der Waals surface area (Å²) in [7, 11) is 3.50. The summed E-state index contributed by atoms with van der Waals surface area (Å²) in [5.41, 5.74) is -0.0374. The lowest BCUT2D eigenvalue weighted by Crippen LogP contribution is -2.15. The zero-order valence-electron chi connectivity index (χ0n) is 12.2. The molecule has 3 nitrogen and oxygen atoms in total. The van der Waals surface area contributed by atoms with Crippen molar-refractivity contribution >= 4 is 17.4 Å². The number of ether oxygens (including phenoxy) is 1. The molecule has 0 atom stereocenters. The fourth-order valence-corrected chi connectivity index (χ4v) is 1.90. The van der Waals surface area contributed by atoms with Gasteiger partial charge in [-0.2, -0.15) is 0 Å². The molecule has 0 bridgehead atoms. The lowest BCUT2D eigenvalue weighted by atomic mass is 10.1. The minimum atomic E-state index is -0.586. The van der Waals surface area contributed by atoms with E-state index in [0.717, 1.165) is 0 Å². The Bertz CT molecular complexity index is 696. The molecule has 0 aliphatic heterocycles. The van der Waals surface area contributed by atoms with Crippen LogP contribution in [0.25, 0.3) is 0 Å². The van der Waals surface area contributed by atoms with E-state index >= 15 is 0 Å². The van der Waals surface area contributed by atoms with Gasteiger partial charge in [0.15, 0.2) is 5.76 Å². The molecule has 114 valence electrons. The third-order valence-electron chi connectivity index (χ3n) is 2.76. The molecule has 0 saturated carbocycles. The minimum Gasteiger partial charge on any atom is -0.452 e. The second-order valence-corrected chi connectivity index (χ2v) is 5.26. The predicted octanol–water partition coefficient (Wildman–Crippen LogP) is 4.14. The van der Waals surface area contributed by atoms with E-state index in [9.17, 15) is 9.18 Å². The molecule has 2 aromatic carbocycles. The van der Waals surface area contributed by atoms with Gasteiger partial charge >= 0.3 is 0 Å². The molecule has 0 fully saturated rings. The summed E-state index contributed by atoms with van der Waals surface area (Å²) in [5.74, 6) is -0.641. The number of hydrogen-bond acceptors (Lipinski definition) is 3. The average molecular weight is 320 g/mol. The van der Waals surface area contributed by atoms with Crippen molar-refractivity contribution in [3.63, 3.8) is 0 Å². The highest BCUT2D eigenvalue weighted by Crippen LogP contribution is 2.20. The van der Waals surface area contributed by atoms with Crippen molar-refractivity contribution in [1.29, 1.82) is 0 Å². The van der Waals surface area contributed by atoms with Gasteiger partial charge in [0.25, 0.3) is 0 Å². The van der Waals surface area contributed by atoms with E-state index in [1.54, 1.807) is 49.3 Å². The predicted molar refractivity (Wildman–Crippen MR) is 84.6 cm³/mol. The van der Waals surface area contributed by atoms with E-state index in [-0.39, 0.29) is 11.3 Å².